The van der Waals surface area contributed by atoms with Gasteiger partial charge >= 0.3 is 0 Å². The summed E-state index contributed by atoms with van der Waals surface area (Å²) in [5, 5.41) is 0.394. The maximum absolute atomic E-state index is 14.4. The number of nitrogens with zero attached hydrogens (tertiary/aromatic N) is 4. The molecule has 0 bridgehead atoms. The second-order valence-corrected chi connectivity index (χ2v) is 7.20. The predicted octanol–water partition coefficient (Wildman–Crippen LogP) is 3.91. The van der Waals surface area contributed by atoms with Crippen molar-refractivity contribution in [1.29, 1.82) is 0 Å². The van der Waals surface area contributed by atoms with Crippen LogP contribution in [-0.4, -0.2) is 40.8 Å². The molecular weight excluding hydrogens is 391 g/mol. The van der Waals surface area contributed by atoms with E-state index in [2.05, 4.69) is 26.7 Å². The van der Waals surface area contributed by atoms with E-state index in [0.717, 1.165) is 41.5 Å². The van der Waals surface area contributed by atoms with E-state index < -0.39 is 0 Å². The van der Waals surface area contributed by atoms with Gasteiger partial charge in [0.05, 0.1) is 24.6 Å². The molecule has 0 atom stereocenters. The number of benzene rings is 1. The van der Waals surface area contributed by atoms with Crippen LogP contribution in [0.5, 0.6) is 0 Å². The first-order valence-corrected chi connectivity index (χ1v) is 9.72. The van der Waals surface area contributed by atoms with E-state index in [-0.39, 0.29) is 5.82 Å². The lowest BCUT2D eigenvalue weighted by Crippen LogP contribution is -2.36. The first kappa shape index (κ1) is 19.4. The van der Waals surface area contributed by atoms with Crippen LogP contribution in [0.25, 0.3) is 5.69 Å². The van der Waals surface area contributed by atoms with Crippen molar-refractivity contribution >= 4 is 17.3 Å². The Labute approximate surface area is 174 Å². The van der Waals surface area contributed by atoms with Gasteiger partial charge in [0, 0.05) is 30.5 Å². The Hall–Kier alpha value is -2.88. The van der Waals surface area contributed by atoms with Crippen molar-refractivity contribution in [3.8, 4) is 17.5 Å². The summed E-state index contributed by atoms with van der Waals surface area (Å²) in [5.74, 6) is 6.62. The smallest absolute Gasteiger partial charge is 0.135 e. The van der Waals surface area contributed by atoms with Crippen molar-refractivity contribution in [3.05, 3.63) is 70.3 Å². The molecule has 1 aliphatic rings. The SMILES string of the molecule is Cc1nc(C#Cc2ccnc(Cl)c2)c(C)n1-c1cc(F)cc(N2CCOCC2)c1. The van der Waals surface area contributed by atoms with Gasteiger partial charge in [-0.15, -0.1) is 0 Å². The lowest BCUT2D eigenvalue weighted by molar-refractivity contribution is 0.122. The van der Waals surface area contributed by atoms with Crippen LogP contribution in [0.4, 0.5) is 10.1 Å². The summed E-state index contributed by atoms with van der Waals surface area (Å²) in [6.45, 7) is 6.61. The molecule has 5 nitrogen and oxygen atoms in total. The summed E-state index contributed by atoms with van der Waals surface area (Å²) in [6, 6.07) is 8.56. The lowest BCUT2D eigenvalue weighted by atomic mass is 10.2. The van der Waals surface area contributed by atoms with Crippen LogP contribution < -0.4 is 4.90 Å². The summed E-state index contributed by atoms with van der Waals surface area (Å²) in [6.07, 6.45) is 1.61. The van der Waals surface area contributed by atoms with Crippen molar-refractivity contribution in [1.82, 2.24) is 14.5 Å². The number of morpholine rings is 1. The molecule has 4 rings (SSSR count). The number of aryl methyl sites for hydroxylation is 1. The number of hydrogen-bond donors (Lipinski definition) is 0. The Balaban J connectivity index is 1.70. The molecule has 1 saturated heterocycles. The third kappa shape index (κ3) is 4.26. The topological polar surface area (TPSA) is 43.2 Å². The van der Waals surface area contributed by atoms with Crippen molar-refractivity contribution in [2.24, 2.45) is 0 Å². The number of rotatable bonds is 2. The van der Waals surface area contributed by atoms with Gasteiger partial charge < -0.3 is 9.64 Å². The lowest BCUT2D eigenvalue weighted by Gasteiger charge is -2.29. The maximum Gasteiger partial charge on any atom is 0.135 e. The highest BCUT2D eigenvalue weighted by molar-refractivity contribution is 6.29. The van der Waals surface area contributed by atoms with Gasteiger partial charge in [-0.1, -0.05) is 17.5 Å². The Kier molecular flexibility index (Phi) is 5.52. The number of halogens is 2. The maximum atomic E-state index is 14.4. The number of ether oxygens (including phenoxy) is 1. The summed E-state index contributed by atoms with van der Waals surface area (Å²) >= 11 is 5.91. The van der Waals surface area contributed by atoms with E-state index in [1.807, 2.05) is 24.5 Å². The van der Waals surface area contributed by atoms with Gasteiger partial charge in [-0.25, -0.2) is 14.4 Å². The predicted molar refractivity (Wildman–Crippen MR) is 111 cm³/mol. The quantitative estimate of drug-likeness (QED) is 0.474. The molecule has 148 valence electrons. The first-order chi connectivity index (χ1) is 14.0. The van der Waals surface area contributed by atoms with Gasteiger partial charge in [0.1, 0.15) is 22.5 Å². The van der Waals surface area contributed by atoms with Crippen LogP contribution in [-0.2, 0) is 4.74 Å². The molecule has 1 aliphatic heterocycles. The molecule has 0 saturated carbocycles. The van der Waals surface area contributed by atoms with E-state index in [1.165, 1.54) is 6.07 Å². The average molecular weight is 411 g/mol. The first-order valence-electron chi connectivity index (χ1n) is 9.34. The van der Waals surface area contributed by atoms with Crippen molar-refractivity contribution in [3.63, 3.8) is 0 Å². The zero-order valence-electron chi connectivity index (χ0n) is 16.2. The van der Waals surface area contributed by atoms with E-state index in [9.17, 15) is 4.39 Å². The van der Waals surface area contributed by atoms with Crippen LogP contribution in [0.15, 0.2) is 36.5 Å². The number of imidazole rings is 1. The Bertz CT molecular complexity index is 1110. The van der Waals surface area contributed by atoms with E-state index in [0.29, 0.717) is 24.1 Å². The fraction of sp³-hybridized carbons (Fsp3) is 0.273. The Morgan fingerprint density at radius 1 is 1.07 bits per heavy atom. The Morgan fingerprint density at radius 2 is 1.83 bits per heavy atom. The Morgan fingerprint density at radius 3 is 2.59 bits per heavy atom. The number of pyridine rings is 1. The summed E-state index contributed by atoms with van der Waals surface area (Å²) < 4.78 is 21.7. The molecule has 1 aromatic carbocycles. The van der Waals surface area contributed by atoms with Gasteiger partial charge in [0.2, 0.25) is 0 Å². The molecule has 0 N–H and O–H groups in total. The molecule has 29 heavy (non-hydrogen) atoms. The third-order valence-electron chi connectivity index (χ3n) is 4.83. The molecule has 0 amide bonds. The minimum absolute atomic E-state index is 0.282. The van der Waals surface area contributed by atoms with Gasteiger partial charge in [-0.2, -0.15) is 0 Å². The highest BCUT2D eigenvalue weighted by atomic mass is 35.5. The van der Waals surface area contributed by atoms with Gasteiger partial charge in [0.15, 0.2) is 0 Å². The fourth-order valence-electron chi connectivity index (χ4n) is 3.44. The highest BCUT2D eigenvalue weighted by Crippen LogP contribution is 2.25. The molecule has 0 radical (unpaired) electrons. The number of aromatic nitrogens is 3. The summed E-state index contributed by atoms with van der Waals surface area (Å²) in [4.78, 5) is 10.7. The third-order valence-corrected chi connectivity index (χ3v) is 5.04. The van der Waals surface area contributed by atoms with E-state index >= 15 is 0 Å². The van der Waals surface area contributed by atoms with Crippen LogP contribution in [0, 0.1) is 31.5 Å². The second-order valence-electron chi connectivity index (χ2n) is 6.81. The normalized spacial score (nSPS) is 13.9. The largest absolute Gasteiger partial charge is 0.378 e. The highest BCUT2D eigenvalue weighted by Gasteiger charge is 2.16. The van der Waals surface area contributed by atoms with Crippen molar-refractivity contribution in [2.75, 3.05) is 31.2 Å². The molecule has 2 aromatic heterocycles. The van der Waals surface area contributed by atoms with Gasteiger partial charge in [-0.3, -0.25) is 4.57 Å². The van der Waals surface area contributed by atoms with Gasteiger partial charge in [-0.05, 0) is 50.1 Å². The molecule has 0 spiro atoms. The summed E-state index contributed by atoms with van der Waals surface area (Å²) in [5.41, 5.74) is 3.84. The minimum Gasteiger partial charge on any atom is -0.378 e. The van der Waals surface area contributed by atoms with Crippen molar-refractivity contribution < 1.29 is 9.13 Å². The zero-order chi connectivity index (χ0) is 20.4. The molecule has 7 heteroatoms. The molecular formula is C22H20ClFN4O. The van der Waals surface area contributed by atoms with E-state index in [4.69, 9.17) is 16.3 Å². The fourth-order valence-corrected chi connectivity index (χ4v) is 3.62. The number of hydrogen-bond acceptors (Lipinski definition) is 4. The molecule has 0 unspecified atom stereocenters. The van der Waals surface area contributed by atoms with Crippen LogP contribution in [0.1, 0.15) is 22.8 Å². The molecule has 3 heterocycles. The van der Waals surface area contributed by atoms with Crippen molar-refractivity contribution in [2.45, 2.75) is 13.8 Å². The van der Waals surface area contributed by atoms with Crippen LogP contribution in [0.3, 0.4) is 0 Å². The summed E-state index contributed by atoms with van der Waals surface area (Å²) in [7, 11) is 0. The molecule has 3 aromatic rings. The standard InChI is InChI=1S/C22H20ClFN4O/c1-15-21(4-3-17-5-6-25-22(23)11-17)26-16(2)28(15)20-13-18(24)12-19(14-20)27-7-9-29-10-8-27/h5-6,11-14H,7-10H2,1-2H3. The monoisotopic (exact) mass is 410 g/mol. The molecule has 0 aliphatic carbocycles. The minimum atomic E-state index is -0.282. The van der Waals surface area contributed by atoms with Crippen LogP contribution in [0.2, 0.25) is 5.15 Å². The molecule has 1 fully saturated rings. The van der Waals surface area contributed by atoms with E-state index in [1.54, 1.807) is 24.4 Å². The second kappa shape index (κ2) is 8.24. The number of anilines is 1. The van der Waals surface area contributed by atoms with Crippen LogP contribution >= 0.6 is 11.6 Å². The van der Waals surface area contributed by atoms with Gasteiger partial charge in [0.25, 0.3) is 0 Å². The average Bonchev–Trinajstić information content (AvgIpc) is 3.00. The zero-order valence-corrected chi connectivity index (χ0v) is 17.0.